The molecule has 0 saturated carbocycles. The van der Waals surface area contributed by atoms with Crippen molar-refractivity contribution in [1.29, 1.82) is 0 Å². The smallest absolute Gasteiger partial charge is 0.323 e. The normalized spacial score (nSPS) is 10.4. The average Bonchev–Trinajstić information content (AvgIpc) is 2.40. The third kappa shape index (κ3) is 3.16. The van der Waals surface area contributed by atoms with Gasteiger partial charge >= 0.3 is 17.1 Å². The van der Waals surface area contributed by atoms with Gasteiger partial charge in [0.05, 0.1) is 6.54 Å². The predicted octanol–water partition coefficient (Wildman–Crippen LogP) is 0.796. The number of carboxylic acids is 1. The molecule has 0 bridgehead atoms. The van der Waals surface area contributed by atoms with Crippen molar-refractivity contribution in [2.24, 2.45) is 0 Å². The van der Waals surface area contributed by atoms with Crippen molar-refractivity contribution in [2.75, 3.05) is 0 Å². The van der Waals surface area contributed by atoms with E-state index in [9.17, 15) is 14.4 Å². The molecule has 0 aliphatic carbocycles. The topological polar surface area (TPSA) is 81.3 Å². The fraction of sp³-hybridized carbons (Fsp3) is 0.154. The van der Waals surface area contributed by atoms with Gasteiger partial charge in [-0.25, -0.2) is 0 Å². The van der Waals surface area contributed by atoms with E-state index in [1.807, 2.05) is 0 Å². The minimum atomic E-state index is -1.18. The molecule has 1 N–H and O–H groups in total. The van der Waals surface area contributed by atoms with Crippen molar-refractivity contribution in [2.45, 2.75) is 13.1 Å². The van der Waals surface area contributed by atoms with Gasteiger partial charge in [-0.15, -0.1) is 0 Å². The fourth-order valence-corrected chi connectivity index (χ4v) is 1.85. The first kappa shape index (κ1) is 14.1. The molecule has 0 aliphatic heterocycles. The van der Waals surface area contributed by atoms with E-state index in [4.69, 9.17) is 16.7 Å². The molecule has 2 rings (SSSR count). The second-order valence-electron chi connectivity index (χ2n) is 4.18. The predicted molar refractivity (Wildman–Crippen MR) is 73.2 cm³/mol. The van der Waals surface area contributed by atoms with Crippen LogP contribution in [0.1, 0.15) is 5.56 Å². The molecular weight excluding hydrogens is 284 g/mol. The largest absolute Gasteiger partial charge is 0.480 e. The van der Waals surface area contributed by atoms with Crippen LogP contribution >= 0.6 is 11.6 Å². The van der Waals surface area contributed by atoms with Gasteiger partial charge in [-0.3, -0.25) is 19.0 Å². The Morgan fingerprint density at radius 1 is 1.05 bits per heavy atom. The van der Waals surface area contributed by atoms with Crippen LogP contribution in [0.5, 0.6) is 0 Å². The molecule has 0 saturated heterocycles. The minimum absolute atomic E-state index is 0.221. The molecule has 20 heavy (non-hydrogen) atoms. The summed E-state index contributed by atoms with van der Waals surface area (Å²) < 4.78 is 2.09. The summed E-state index contributed by atoms with van der Waals surface area (Å²) in [7, 11) is 0. The van der Waals surface area contributed by atoms with Crippen LogP contribution in [0.2, 0.25) is 5.02 Å². The molecule has 0 unspecified atom stereocenters. The summed E-state index contributed by atoms with van der Waals surface area (Å²) in [5.41, 5.74) is -0.806. The van der Waals surface area contributed by atoms with Crippen LogP contribution in [0, 0.1) is 0 Å². The number of hydrogen-bond donors (Lipinski definition) is 1. The highest BCUT2D eigenvalue weighted by Gasteiger charge is 2.08. The maximum absolute atomic E-state index is 11.9. The zero-order valence-corrected chi connectivity index (χ0v) is 11.1. The number of hydrogen-bond acceptors (Lipinski definition) is 3. The molecule has 0 fully saturated rings. The maximum Gasteiger partial charge on any atom is 0.323 e. The standard InChI is InChI=1S/C13H11ClN2O4/c14-10-3-1-9(2-4-10)7-15-5-6-16(8-11(17)18)13(20)12(15)19/h1-6H,7-8H2,(H,17,18). The van der Waals surface area contributed by atoms with Crippen LogP contribution in [-0.4, -0.2) is 20.2 Å². The molecule has 0 radical (unpaired) electrons. The van der Waals surface area contributed by atoms with Crippen molar-refractivity contribution in [3.63, 3.8) is 0 Å². The van der Waals surface area contributed by atoms with Crippen LogP contribution < -0.4 is 11.1 Å². The Labute approximate surface area is 118 Å². The summed E-state index contributed by atoms with van der Waals surface area (Å²) in [5, 5.41) is 9.21. The summed E-state index contributed by atoms with van der Waals surface area (Å²) in [6, 6.07) is 6.87. The van der Waals surface area contributed by atoms with Gasteiger partial charge in [-0.1, -0.05) is 23.7 Å². The van der Waals surface area contributed by atoms with Gasteiger partial charge in [-0.2, -0.15) is 0 Å². The lowest BCUT2D eigenvalue weighted by Gasteiger charge is -2.07. The Hall–Kier alpha value is -2.34. The molecule has 0 aliphatic rings. The van der Waals surface area contributed by atoms with Gasteiger partial charge in [0.2, 0.25) is 0 Å². The Morgan fingerprint density at radius 3 is 2.20 bits per heavy atom. The first-order chi connectivity index (χ1) is 9.47. The summed E-state index contributed by atoms with van der Waals surface area (Å²) >= 11 is 5.76. The van der Waals surface area contributed by atoms with E-state index in [2.05, 4.69) is 0 Å². The van der Waals surface area contributed by atoms with Crippen LogP contribution in [0.4, 0.5) is 0 Å². The van der Waals surface area contributed by atoms with E-state index >= 15 is 0 Å². The van der Waals surface area contributed by atoms with Crippen LogP contribution in [0.3, 0.4) is 0 Å². The number of carbonyl (C=O) groups is 1. The van der Waals surface area contributed by atoms with Gasteiger partial charge in [0.1, 0.15) is 6.54 Å². The summed E-state index contributed by atoms with van der Waals surface area (Å²) in [4.78, 5) is 34.1. The highest BCUT2D eigenvalue weighted by molar-refractivity contribution is 6.30. The van der Waals surface area contributed by atoms with Crippen molar-refractivity contribution in [1.82, 2.24) is 9.13 Å². The lowest BCUT2D eigenvalue weighted by molar-refractivity contribution is -0.137. The second kappa shape index (κ2) is 5.75. The molecule has 0 atom stereocenters. The van der Waals surface area contributed by atoms with Gasteiger partial charge in [-0.05, 0) is 17.7 Å². The van der Waals surface area contributed by atoms with Crippen molar-refractivity contribution in [3.8, 4) is 0 Å². The number of benzene rings is 1. The molecule has 1 aromatic heterocycles. The van der Waals surface area contributed by atoms with Crippen LogP contribution in [0.15, 0.2) is 46.2 Å². The van der Waals surface area contributed by atoms with Gasteiger partial charge in [0, 0.05) is 17.4 Å². The number of halogens is 1. The van der Waals surface area contributed by atoms with E-state index in [0.29, 0.717) is 5.02 Å². The van der Waals surface area contributed by atoms with Crippen molar-refractivity contribution in [3.05, 3.63) is 68.0 Å². The third-order valence-electron chi connectivity index (χ3n) is 2.70. The molecular formula is C13H11ClN2O4. The van der Waals surface area contributed by atoms with E-state index in [1.54, 1.807) is 24.3 Å². The molecule has 0 spiro atoms. The minimum Gasteiger partial charge on any atom is -0.480 e. The second-order valence-corrected chi connectivity index (χ2v) is 4.62. The molecule has 1 heterocycles. The quantitative estimate of drug-likeness (QED) is 0.846. The maximum atomic E-state index is 11.9. The van der Waals surface area contributed by atoms with E-state index in [0.717, 1.165) is 10.1 Å². The summed E-state index contributed by atoms with van der Waals surface area (Å²) in [6.07, 6.45) is 2.68. The van der Waals surface area contributed by atoms with Crippen LogP contribution in [0.25, 0.3) is 0 Å². The zero-order chi connectivity index (χ0) is 14.7. The average molecular weight is 295 g/mol. The fourth-order valence-electron chi connectivity index (χ4n) is 1.72. The Kier molecular flexibility index (Phi) is 4.05. The molecule has 0 amide bonds. The molecule has 6 nitrogen and oxygen atoms in total. The van der Waals surface area contributed by atoms with Gasteiger partial charge in [0.15, 0.2) is 0 Å². The number of aliphatic carboxylic acids is 1. The van der Waals surface area contributed by atoms with Gasteiger partial charge < -0.3 is 9.67 Å². The highest BCUT2D eigenvalue weighted by atomic mass is 35.5. The highest BCUT2D eigenvalue weighted by Crippen LogP contribution is 2.09. The first-order valence-electron chi connectivity index (χ1n) is 5.73. The molecule has 2 aromatic rings. The number of carboxylic acid groups (broad SMARTS) is 1. The molecule has 104 valence electrons. The zero-order valence-electron chi connectivity index (χ0n) is 10.3. The summed E-state index contributed by atoms with van der Waals surface area (Å²) in [6.45, 7) is -0.311. The Balaban J connectivity index is 2.32. The third-order valence-corrected chi connectivity index (χ3v) is 2.95. The number of rotatable bonds is 4. The van der Waals surface area contributed by atoms with Crippen LogP contribution in [-0.2, 0) is 17.9 Å². The Bertz CT molecular complexity index is 746. The van der Waals surface area contributed by atoms with Crippen molar-refractivity contribution >= 4 is 17.6 Å². The number of nitrogens with zero attached hydrogens (tertiary/aromatic N) is 2. The lowest BCUT2D eigenvalue weighted by Crippen LogP contribution is -2.41. The van der Waals surface area contributed by atoms with Gasteiger partial charge in [0.25, 0.3) is 0 Å². The number of aromatic nitrogens is 2. The SMILES string of the molecule is O=C(O)Cn1ccn(Cc2ccc(Cl)cc2)c(=O)c1=O. The van der Waals surface area contributed by atoms with E-state index in [1.165, 1.54) is 17.0 Å². The first-order valence-corrected chi connectivity index (χ1v) is 6.11. The van der Waals surface area contributed by atoms with E-state index < -0.39 is 23.6 Å². The Morgan fingerprint density at radius 2 is 1.60 bits per heavy atom. The van der Waals surface area contributed by atoms with E-state index in [-0.39, 0.29) is 6.54 Å². The molecule has 7 heteroatoms. The molecule has 1 aromatic carbocycles. The monoisotopic (exact) mass is 294 g/mol. The lowest BCUT2D eigenvalue weighted by atomic mass is 10.2. The van der Waals surface area contributed by atoms with Crippen molar-refractivity contribution < 1.29 is 9.90 Å². The summed E-state index contributed by atoms with van der Waals surface area (Å²) in [5.74, 6) is -1.18.